The Morgan fingerprint density at radius 2 is 1.53 bits per heavy atom. The van der Waals surface area contributed by atoms with E-state index in [4.69, 9.17) is 9.96 Å². The summed E-state index contributed by atoms with van der Waals surface area (Å²) in [6.45, 7) is 13.8. The second-order valence-electron chi connectivity index (χ2n) is 12.7. The second kappa shape index (κ2) is 15.5. The highest BCUT2D eigenvalue weighted by atomic mass is 32.2. The maximum absolute atomic E-state index is 9.19. The van der Waals surface area contributed by atoms with Gasteiger partial charge in [-0.1, -0.05) is 101 Å². The Kier molecular flexibility index (Phi) is 12.4. The zero-order valence-corrected chi connectivity index (χ0v) is 27.5. The summed E-state index contributed by atoms with van der Waals surface area (Å²) < 4.78 is 25.9. The van der Waals surface area contributed by atoms with Crippen molar-refractivity contribution in [2.45, 2.75) is 78.2 Å². The number of piperidine rings is 1. The summed E-state index contributed by atoms with van der Waals surface area (Å²) in [5, 5.41) is 11.3. The minimum absolute atomic E-state index is 0.130. The molecule has 1 heterocycles. The van der Waals surface area contributed by atoms with Crippen LogP contribution in [0.5, 0.6) is 0 Å². The lowest BCUT2D eigenvalue weighted by atomic mass is 9.87. The normalized spacial score (nSPS) is 15.2. The number of nitrogens with one attached hydrogen (secondary N) is 2. The fourth-order valence-electron chi connectivity index (χ4n) is 5.22. The number of hydrogen-bond donors (Lipinski definition) is 3. The predicted octanol–water partition coefficient (Wildman–Crippen LogP) is 7.40. The molecule has 0 aliphatic carbocycles. The van der Waals surface area contributed by atoms with Crippen LogP contribution in [0.4, 0.5) is 5.69 Å². The van der Waals surface area contributed by atoms with Gasteiger partial charge in [0.15, 0.2) is 0 Å². The summed E-state index contributed by atoms with van der Waals surface area (Å²) in [6.07, 6.45) is 5.28. The lowest BCUT2D eigenvalue weighted by molar-refractivity contribution is 0.154. The number of guanidine groups is 1. The summed E-state index contributed by atoms with van der Waals surface area (Å²) in [6, 6.07) is 28.5. The standard InChI is InChI=1S/C34H46N4.CH4O3S/c1-6-26(2)30-14-18-32(19-15-30)38(25-29-12-16-31(17-13-29)34(3,4)5)33(35)36-37-22-20-28(21-23-37)24-27-10-8-7-9-11-27;1-5(2,3)4/h7-19,26,28H,6,20-25H2,1-5H3,(H2,35,36);1H3,(H,2,3,4). The summed E-state index contributed by atoms with van der Waals surface area (Å²) in [7, 11) is -3.67. The highest BCUT2D eigenvalue weighted by Gasteiger charge is 2.23. The van der Waals surface area contributed by atoms with Crippen molar-refractivity contribution in [1.29, 1.82) is 5.41 Å². The van der Waals surface area contributed by atoms with Gasteiger partial charge in [0.2, 0.25) is 5.96 Å². The molecular weight excluding hydrogens is 556 g/mol. The van der Waals surface area contributed by atoms with Gasteiger partial charge in [0.25, 0.3) is 10.1 Å². The first-order valence-corrected chi connectivity index (χ1v) is 17.1. The third-order valence-electron chi connectivity index (χ3n) is 8.06. The molecule has 1 fully saturated rings. The third kappa shape index (κ3) is 11.8. The summed E-state index contributed by atoms with van der Waals surface area (Å²) >= 11 is 0. The molecule has 43 heavy (non-hydrogen) atoms. The summed E-state index contributed by atoms with van der Waals surface area (Å²) in [5.74, 6) is 1.68. The fraction of sp³-hybridized carbons (Fsp3) is 0.457. The van der Waals surface area contributed by atoms with E-state index in [1.807, 2.05) is 0 Å². The molecule has 1 unspecified atom stereocenters. The average molecular weight is 607 g/mol. The van der Waals surface area contributed by atoms with Gasteiger partial charge in [-0.3, -0.25) is 15.4 Å². The molecular formula is C35H50N4O3S. The predicted molar refractivity (Wildman–Crippen MR) is 179 cm³/mol. The molecule has 0 bridgehead atoms. The van der Waals surface area contributed by atoms with E-state index >= 15 is 0 Å². The third-order valence-corrected chi connectivity index (χ3v) is 8.06. The van der Waals surface area contributed by atoms with Crippen LogP contribution in [0.2, 0.25) is 0 Å². The molecule has 8 heteroatoms. The zero-order valence-electron chi connectivity index (χ0n) is 26.7. The number of rotatable bonds is 8. The van der Waals surface area contributed by atoms with Gasteiger partial charge in [-0.05, 0) is 77.3 Å². The van der Waals surface area contributed by atoms with Gasteiger partial charge in [0.1, 0.15) is 0 Å². The van der Waals surface area contributed by atoms with Crippen molar-refractivity contribution in [3.8, 4) is 0 Å². The van der Waals surface area contributed by atoms with Crippen molar-refractivity contribution in [3.05, 3.63) is 101 Å². The maximum atomic E-state index is 9.19. The molecule has 0 saturated carbocycles. The van der Waals surface area contributed by atoms with Crippen LogP contribution in [0.1, 0.15) is 82.1 Å². The minimum atomic E-state index is -3.67. The average Bonchev–Trinajstić information content (AvgIpc) is 2.96. The number of hydrogen-bond acceptors (Lipinski definition) is 4. The molecule has 4 rings (SSSR count). The van der Waals surface area contributed by atoms with E-state index in [0.717, 1.165) is 44.5 Å². The Labute approximate surface area is 259 Å². The number of benzene rings is 3. The smallest absolute Gasteiger partial charge is 0.261 e. The van der Waals surface area contributed by atoms with E-state index < -0.39 is 10.1 Å². The Hall–Kier alpha value is -3.20. The molecule has 1 aliphatic heterocycles. The van der Waals surface area contributed by atoms with Crippen molar-refractivity contribution < 1.29 is 13.0 Å². The molecule has 234 valence electrons. The highest BCUT2D eigenvalue weighted by molar-refractivity contribution is 7.85. The van der Waals surface area contributed by atoms with Crippen LogP contribution in [0.25, 0.3) is 0 Å². The van der Waals surface area contributed by atoms with E-state index in [-0.39, 0.29) is 5.41 Å². The summed E-state index contributed by atoms with van der Waals surface area (Å²) in [4.78, 5) is 2.10. The van der Waals surface area contributed by atoms with Crippen molar-refractivity contribution in [1.82, 2.24) is 10.4 Å². The van der Waals surface area contributed by atoms with Crippen LogP contribution in [-0.4, -0.2) is 43.3 Å². The SMILES string of the molecule is CCC(C)c1ccc(N(Cc2ccc(C(C)(C)C)cc2)C(=N)NN2CCC(Cc3ccccc3)CC2)cc1.CS(=O)(=O)O. The van der Waals surface area contributed by atoms with Gasteiger partial charge < -0.3 is 4.90 Å². The van der Waals surface area contributed by atoms with Gasteiger partial charge in [-0.25, -0.2) is 5.01 Å². The number of nitrogens with zero attached hydrogens (tertiary/aromatic N) is 2. The lowest BCUT2D eigenvalue weighted by Crippen LogP contribution is -2.52. The quantitative estimate of drug-likeness (QED) is 0.140. The first kappa shape index (κ1) is 34.3. The molecule has 1 saturated heterocycles. The van der Waals surface area contributed by atoms with Gasteiger partial charge in [0, 0.05) is 18.8 Å². The van der Waals surface area contributed by atoms with Crippen LogP contribution in [0, 0.1) is 11.3 Å². The lowest BCUT2D eigenvalue weighted by Gasteiger charge is -2.35. The zero-order chi connectivity index (χ0) is 31.6. The Morgan fingerprint density at radius 3 is 2.05 bits per heavy atom. The molecule has 0 aromatic heterocycles. The highest BCUT2D eigenvalue weighted by Crippen LogP contribution is 2.26. The van der Waals surface area contributed by atoms with Gasteiger partial charge in [0.05, 0.1) is 12.8 Å². The topological polar surface area (TPSA) is 96.7 Å². The van der Waals surface area contributed by atoms with Crippen molar-refractivity contribution in [2.24, 2.45) is 5.92 Å². The van der Waals surface area contributed by atoms with E-state index in [9.17, 15) is 8.42 Å². The first-order chi connectivity index (χ1) is 20.2. The van der Waals surface area contributed by atoms with Gasteiger partial charge in [-0.2, -0.15) is 8.42 Å². The van der Waals surface area contributed by atoms with Crippen LogP contribution < -0.4 is 10.3 Å². The van der Waals surface area contributed by atoms with E-state index in [1.54, 1.807) is 0 Å². The van der Waals surface area contributed by atoms with Crippen LogP contribution in [0.15, 0.2) is 78.9 Å². The molecule has 3 N–H and O–H groups in total. The van der Waals surface area contributed by atoms with Crippen LogP contribution in [0.3, 0.4) is 0 Å². The fourth-order valence-corrected chi connectivity index (χ4v) is 5.22. The van der Waals surface area contributed by atoms with Crippen molar-refractivity contribution in [2.75, 3.05) is 24.2 Å². The molecule has 1 atom stereocenters. The largest absolute Gasteiger partial charge is 0.307 e. The molecule has 0 spiro atoms. The molecule has 7 nitrogen and oxygen atoms in total. The molecule has 3 aromatic carbocycles. The van der Waals surface area contributed by atoms with E-state index in [0.29, 0.717) is 30.6 Å². The summed E-state index contributed by atoms with van der Waals surface area (Å²) in [5.41, 5.74) is 9.94. The van der Waals surface area contributed by atoms with Gasteiger partial charge >= 0.3 is 0 Å². The van der Waals surface area contributed by atoms with E-state index in [2.05, 4.69) is 129 Å². The van der Waals surface area contributed by atoms with E-state index in [1.165, 1.54) is 22.3 Å². The van der Waals surface area contributed by atoms with Crippen molar-refractivity contribution in [3.63, 3.8) is 0 Å². The Bertz CT molecular complexity index is 1370. The molecule has 0 amide bonds. The van der Waals surface area contributed by atoms with Crippen LogP contribution in [-0.2, 0) is 28.5 Å². The Balaban J connectivity index is 0.000000934. The van der Waals surface area contributed by atoms with Crippen molar-refractivity contribution >= 4 is 21.8 Å². The monoisotopic (exact) mass is 606 g/mol. The minimum Gasteiger partial charge on any atom is -0.307 e. The second-order valence-corrected chi connectivity index (χ2v) is 14.2. The molecule has 0 radical (unpaired) electrons. The molecule has 1 aliphatic rings. The molecule has 3 aromatic rings. The number of anilines is 1. The first-order valence-electron chi connectivity index (χ1n) is 15.3. The Morgan fingerprint density at radius 1 is 0.977 bits per heavy atom. The maximum Gasteiger partial charge on any atom is 0.261 e. The van der Waals surface area contributed by atoms with Gasteiger partial charge in [-0.15, -0.1) is 0 Å². The van der Waals surface area contributed by atoms with Crippen LogP contribution >= 0.6 is 0 Å². The number of hydrazine groups is 1.